The summed E-state index contributed by atoms with van der Waals surface area (Å²) in [6.45, 7) is 11.9. The lowest BCUT2D eigenvalue weighted by Crippen LogP contribution is -2.43. The molecule has 1 aromatic rings. The van der Waals surface area contributed by atoms with Gasteiger partial charge in [-0.1, -0.05) is 6.92 Å². The molecule has 0 spiro atoms. The van der Waals surface area contributed by atoms with Crippen LogP contribution in [0, 0.1) is 6.92 Å². The molecule has 0 saturated carbocycles. The van der Waals surface area contributed by atoms with Crippen molar-refractivity contribution in [1.82, 2.24) is 5.32 Å². The Morgan fingerprint density at radius 3 is 2.46 bits per heavy atom. The minimum atomic E-state index is -0.769. The smallest absolute Gasteiger partial charge is 0.328 e. The first-order valence-corrected chi connectivity index (χ1v) is 8.38. The lowest BCUT2D eigenvalue weighted by atomic mass is 10.1. The van der Waals surface area contributed by atoms with E-state index in [1.807, 2.05) is 33.8 Å². The molecular formula is C18H29NO5. The number of rotatable bonds is 8. The molecule has 0 aliphatic heterocycles. The minimum Gasteiger partial charge on any atom is -0.464 e. The summed E-state index contributed by atoms with van der Waals surface area (Å²) in [6.07, 6.45) is 1.04. The molecule has 0 bridgehead atoms. The van der Waals surface area contributed by atoms with Gasteiger partial charge >= 0.3 is 5.97 Å². The average molecular weight is 339 g/mol. The molecule has 0 aromatic carbocycles. The Kier molecular flexibility index (Phi) is 7.48. The van der Waals surface area contributed by atoms with E-state index in [9.17, 15) is 9.59 Å². The first-order valence-electron chi connectivity index (χ1n) is 8.38. The second kappa shape index (κ2) is 8.87. The van der Waals surface area contributed by atoms with Crippen molar-refractivity contribution in [3.05, 3.63) is 23.2 Å². The molecule has 0 radical (unpaired) electrons. The van der Waals surface area contributed by atoms with Gasteiger partial charge < -0.3 is 19.2 Å². The highest BCUT2D eigenvalue weighted by Gasteiger charge is 2.26. The molecule has 1 amide bonds. The summed E-state index contributed by atoms with van der Waals surface area (Å²) in [4.78, 5) is 24.5. The number of carbonyl (C=O) groups is 2. The molecular weight excluding hydrogens is 310 g/mol. The Morgan fingerprint density at radius 1 is 1.29 bits per heavy atom. The summed E-state index contributed by atoms with van der Waals surface area (Å²) in [5.74, 6) is 0.0867. The number of amides is 1. The van der Waals surface area contributed by atoms with E-state index in [0.29, 0.717) is 19.4 Å². The molecule has 0 aliphatic carbocycles. The van der Waals surface area contributed by atoms with E-state index in [4.69, 9.17) is 13.9 Å². The molecule has 1 atom stereocenters. The first kappa shape index (κ1) is 20.2. The second-order valence-corrected chi connectivity index (χ2v) is 6.61. The van der Waals surface area contributed by atoms with E-state index in [-0.39, 0.29) is 18.0 Å². The average Bonchev–Trinajstić information content (AvgIpc) is 2.86. The molecule has 1 heterocycles. The van der Waals surface area contributed by atoms with Crippen molar-refractivity contribution in [3.8, 4) is 0 Å². The second-order valence-electron chi connectivity index (χ2n) is 6.61. The van der Waals surface area contributed by atoms with Gasteiger partial charge in [-0.05, 0) is 40.7 Å². The van der Waals surface area contributed by atoms with E-state index in [0.717, 1.165) is 11.3 Å². The van der Waals surface area contributed by atoms with Gasteiger partial charge in [0.25, 0.3) is 5.91 Å². The molecule has 136 valence electrons. The summed E-state index contributed by atoms with van der Waals surface area (Å²) < 4.78 is 16.2. The van der Waals surface area contributed by atoms with Gasteiger partial charge in [-0.2, -0.15) is 0 Å². The number of furan rings is 1. The molecule has 24 heavy (non-hydrogen) atoms. The fourth-order valence-corrected chi connectivity index (χ4v) is 2.15. The van der Waals surface area contributed by atoms with Crippen LogP contribution in [-0.4, -0.2) is 36.7 Å². The summed E-state index contributed by atoms with van der Waals surface area (Å²) >= 11 is 0. The van der Waals surface area contributed by atoms with Gasteiger partial charge in [0.15, 0.2) is 5.76 Å². The molecule has 0 aliphatic rings. The van der Waals surface area contributed by atoms with Crippen LogP contribution in [0.1, 0.15) is 62.9 Å². The van der Waals surface area contributed by atoms with Crippen LogP contribution in [0.25, 0.3) is 0 Å². The summed E-state index contributed by atoms with van der Waals surface area (Å²) in [6, 6.07) is 1.06. The van der Waals surface area contributed by atoms with Crippen molar-refractivity contribution in [3.63, 3.8) is 0 Å². The van der Waals surface area contributed by atoms with Crippen LogP contribution in [0.3, 0.4) is 0 Å². The van der Waals surface area contributed by atoms with Crippen molar-refractivity contribution in [2.24, 2.45) is 0 Å². The molecule has 6 nitrogen and oxygen atoms in total. The van der Waals surface area contributed by atoms with Gasteiger partial charge in [0.05, 0.1) is 12.2 Å². The Bertz CT molecular complexity index is 556. The van der Waals surface area contributed by atoms with Crippen LogP contribution < -0.4 is 5.32 Å². The minimum absolute atomic E-state index is 0.234. The highest BCUT2D eigenvalue weighted by molar-refractivity contribution is 5.95. The van der Waals surface area contributed by atoms with Crippen molar-refractivity contribution < 1.29 is 23.5 Å². The number of hydrogen-bond acceptors (Lipinski definition) is 5. The molecule has 1 N–H and O–H groups in total. The third-order valence-electron chi connectivity index (χ3n) is 3.34. The van der Waals surface area contributed by atoms with Crippen molar-refractivity contribution in [2.45, 2.75) is 66.0 Å². The maximum absolute atomic E-state index is 12.4. The normalized spacial score (nSPS) is 12.8. The van der Waals surface area contributed by atoms with Gasteiger partial charge in [0.2, 0.25) is 0 Å². The number of hydrogen-bond donors (Lipinski definition) is 1. The summed E-state index contributed by atoms with van der Waals surface area (Å²) in [7, 11) is 0. The maximum atomic E-state index is 12.4. The standard InChI is InChI=1S/C18H29NO5/c1-7-13-11-12(3)15(24-13)16(20)19-14(17(21)22-8-2)9-10-23-18(4,5)6/h11,14H,7-10H2,1-6H3,(H,19,20)/t14-/m0/s1. The zero-order valence-electron chi connectivity index (χ0n) is 15.5. The molecule has 1 rings (SSSR count). The number of carbonyl (C=O) groups excluding carboxylic acids is 2. The Morgan fingerprint density at radius 2 is 1.96 bits per heavy atom. The third-order valence-corrected chi connectivity index (χ3v) is 3.34. The predicted molar refractivity (Wildman–Crippen MR) is 91.0 cm³/mol. The van der Waals surface area contributed by atoms with Crippen LogP contribution >= 0.6 is 0 Å². The molecule has 0 fully saturated rings. The van der Waals surface area contributed by atoms with Crippen molar-refractivity contribution in [2.75, 3.05) is 13.2 Å². The molecule has 1 aromatic heterocycles. The van der Waals surface area contributed by atoms with Gasteiger partial charge in [-0.3, -0.25) is 4.79 Å². The highest BCUT2D eigenvalue weighted by atomic mass is 16.5. The Balaban J connectivity index is 2.77. The van der Waals surface area contributed by atoms with Crippen LogP contribution in [0.2, 0.25) is 0 Å². The number of aryl methyl sites for hydroxylation is 2. The van der Waals surface area contributed by atoms with E-state index in [1.165, 1.54) is 0 Å². The number of ether oxygens (including phenoxy) is 2. The largest absolute Gasteiger partial charge is 0.464 e. The predicted octanol–water partition coefficient (Wildman–Crippen LogP) is 3.02. The van der Waals surface area contributed by atoms with E-state index in [2.05, 4.69) is 5.32 Å². The molecule has 0 saturated heterocycles. The molecule has 6 heteroatoms. The Hall–Kier alpha value is -1.82. The van der Waals surface area contributed by atoms with Gasteiger partial charge in [-0.25, -0.2) is 4.79 Å². The van der Waals surface area contributed by atoms with Crippen LogP contribution in [0.4, 0.5) is 0 Å². The third kappa shape index (κ3) is 6.35. The van der Waals surface area contributed by atoms with Gasteiger partial charge in [-0.15, -0.1) is 0 Å². The lowest BCUT2D eigenvalue weighted by molar-refractivity contribution is -0.146. The maximum Gasteiger partial charge on any atom is 0.328 e. The SMILES string of the molecule is CCOC(=O)[C@H](CCOC(C)(C)C)NC(=O)c1oc(CC)cc1C. The monoisotopic (exact) mass is 339 g/mol. The number of nitrogens with one attached hydrogen (secondary N) is 1. The quantitative estimate of drug-likeness (QED) is 0.737. The zero-order chi connectivity index (χ0) is 18.3. The molecule has 0 unspecified atom stereocenters. The van der Waals surface area contributed by atoms with Crippen LogP contribution in [-0.2, 0) is 20.7 Å². The van der Waals surface area contributed by atoms with Crippen LogP contribution in [0.15, 0.2) is 10.5 Å². The van der Waals surface area contributed by atoms with E-state index < -0.39 is 17.9 Å². The van der Waals surface area contributed by atoms with Crippen molar-refractivity contribution in [1.29, 1.82) is 0 Å². The van der Waals surface area contributed by atoms with Crippen LogP contribution in [0.5, 0.6) is 0 Å². The lowest BCUT2D eigenvalue weighted by Gasteiger charge is -2.22. The highest BCUT2D eigenvalue weighted by Crippen LogP contribution is 2.16. The Labute approximate surface area is 143 Å². The van der Waals surface area contributed by atoms with E-state index in [1.54, 1.807) is 13.8 Å². The summed E-state index contributed by atoms with van der Waals surface area (Å²) in [5, 5.41) is 2.70. The fraction of sp³-hybridized carbons (Fsp3) is 0.667. The topological polar surface area (TPSA) is 77.8 Å². The number of esters is 1. The van der Waals surface area contributed by atoms with Gasteiger partial charge in [0.1, 0.15) is 11.8 Å². The van der Waals surface area contributed by atoms with Gasteiger partial charge in [0, 0.05) is 25.0 Å². The van der Waals surface area contributed by atoms with E-state index >= 15 is 0 Å². The summed E-state index contributed by atoms with van der Waals surface area (Å²) in [5.41, 5.74) is 0.439. The zero-order valence-corrected chi connectivity index (χ0v) is 15.5. The fourth-order valence-electron chi connectivity index (χ4n) is 2.15. The van der Waals surface area contributed by atoms with Crippen molar-refractivity contribution >= 4 is 11.9 Å². The first-order chi connectivity index (χ1) is 11.2.